The molecule has 4 nitrogen and oxygen atoms in total. The van der Waals surface area contributed by atoms with Crippen LogP contribution < -0.4 is 0 Å². The van der Waals surface area contributed by atoms with Gasteiger partial charge in [0.25, 0.3) is 0 Å². The molecule has 0 amide bonds. The summed E-state index contributed by atoms with van der Waals surface area (Å²) < 4.78 is 10.4. The fraction of sp³-hybridized carbons (Fsp3) is 0.462. The Morgan fingerprint density at radius 3 is 0.811 bits per heavy atom. The van der Waals surface area contributed by atoms with Crippen molar-refractivity contribution in [2.24, 2.45) is 0 Å². The van der Waals surface area contributed by atoms with Crippen molar-refractivity contribution in [2.45, 2.75) is 78.6 Å². The molecule has 0 fully saturated rings. The van der Waals surface area contributed by atoms with Crippen LogP contribution >= 0.6 is 18.6 Å². The maximum absolute atomic E-state index is 4.89. The first-order valence-corrected chi connectivity index (χ1v) is 31.0. The van der Waals surface area contributed by atoms with Crippen molar-refractivity contribution < 1.29 is 17.0 Å². The van der Waals surface area contributed by atoms with Crippen molar-refractivity contribution in [3.05, 3.63) is 60.7 Å². The number of benzene rings is 2. The molecule has 0 atom stereocenters. The molecule has 11 heteroatoms. The molecule has 0 aliphatic rings. The van der Waals surface area contributed by atoms with Gasteiger partial charge >= 0.3 is 35.6 Å². The van der Waals surface area contributed by atoms with Crippen LogP contribution in [0.3, 0.4) is 0 Å². The van der Waals surface area contributed by atoms with Gasteiger partial charge in [0.05, 0.1) is 0 Å². The third kappa shape index (κ3) is 8.77. The van der Waals surface area contributed by atoms with Crippen molar-refractivity contribution >= 4 is 51.6 Å². The number of rotatable bonds is 6. The fourth-order valence-electron chi connectivity index (χ4n) is 4.42. The molecule has 2 aromatic heterocycles. The molecule has 0 unspecified atom stereocenters. The van der Waals surface area contributed by atoms with Gasteiger partial charge in [0.1, 0.15) is 0 Å². The Labute approximate surface area is 246 Å². The predicted octanol–water partition coefficient (Wildman–Crippen LogP) is 9.46. The number of aromatic nitrogens is 4. The molecule has 0 aliphatic carbocycles. The zero-order valence-electron chi connectivity index (χ0n) is 24.8. The van der Waals surface area contributed by atoms with Gasteiger partial charge in [-0.3, -0.25) is 0 Å². The third-order valence-electron chi connectivity index (χ3n) is 5.73. The van der Waals surface area contributed by atoms with Crippen molar-refractivity contribution in [2.75, 3.05) is 0 Å². The molecule has 2 aromatic carbocycles. The second kappa shape index (κ2) is 12.4. The summed E-state index contributed by atoms with van der Waals surface area (Å²) in [5, 5.41) is 0. The number of hydrogen-bond acceptors (Lipinski definition) is 0. The van der Waals surface area contributed by atoms with Crippen LogP contribution in [0.1, 0.15) is 0 Å². The van der Waals surface area contributed by atoms with Gasteiger partial charge in [0, 0.05) is 11.6 Å². The van der Waals surface area contributed by atoms with E-state index in [-0.39, 0.29) is 0 Å². The Kier molecular flexibility index (Phi) is 11.0. The summed E-state index contributed by atoms with van der Waals surface area (Å²) in [4.78, 5) is 0. The monoisotopic (exact) mass is 644 g/mol. The molecule has 4 rings (SSSR count). The van der Waals surface area contributed by atoms with Crippen LogP contribution in [0.25, 0.3) is 22.8 Å². The van der Waals surface area contributed by atoms with E-state index in [0.29, 0.717) is 0 Å². The summed E-state index contributed by atoms with van der Waals surface area (Å²) in [5.74, 6) is 2.92. The normalized spacial score (nSPS) is 12.6. The number of hydrogen-bond donors (Lipinski definition) is 0. The maximum atomic E-state index is 4.89. The summed E-state index contributed by atoms with van der Waals surface area (Å²) in [7, 11) is 4.64. The first-order valence-electron chi connectivity index (χ1n) is 12.9. The number of nitrogens with zero attached hydrogens (tertiary/aromatic N) is 4. The van der Waals surface area contributed by atoms with Gasteiger partial charge in [-0.25, -0.2) is 0 Å². The van der Waals surface area contributed by atoms with Gasteiger partial charge in [0.15, 0.2) is 32.9 Å². The molecule has 0 aliphatic heterocycles. The van der Waals surface area contributed by atoms with Crippen molar-refractivity contribution in [1.82, 2.24) is 17.4 Å². The van der Waals surface area contributed by atoms with Crippen molar-refractivity contribution in [1.29, 1.82) is 0 Å². The van der Waals surface area contributed by atoms with Crippen molar-refractivity contribution in [3.63, 3.8) is 0 Å². The van der Waals surface area contributed by atoms with Crippen LogP contribution in [0.2, 0.25) is 78.6 Å². The van der Waals surface area contributed by atoms with Gasteiger partial charge < -0.3 is 17.4 Å². The fourth-order valence-corrected chi connectivity index (χ4v) is 14.3. The molecule has 0 saturated carbocycles. The Morgan fingerprint density at radius 1 is 0.459 bits per heavy atom. The van der Waals surface area contributed by atoms with E-state index in [1.54, 1.807) is 0 Å². The van der Waals surface area contributed by atoms with Gasteiger partial charge in [-0.1, -0.05) is 90.7 Å². The first-order chi connectivity index (χ1) is 16.9. The summed E-state index contributed by atoms with van der Waals surface area (Å²) >= 11 is -0.556. The summed E-state index contributed by atoms with van der Waals surface area (Å²) in [6.07, 6.45) is 0. The topological polar surface area (TPSA) is 19.7 Å². The zero-order chi connectivity index (χ0) is 28.4. The Bertz CT molecular complexity index is 1050. The molecule has 0 radical (unpaired) electrons. The average molecular weight is 646 g/mol. The predicted molar refractivity (Wildman–Crippen MR) is 174 cm³/mol. The second-order valence-electron chi connectivity index (χ2n) is 13.4. The molecular formula is C26H46Cl2N4Si4Ti-2. The molecule has 0 saturated heterocycles. The molecular weight excluding hydrogens is 599 g/mol. The van der Waals surface area contributed by atoms with Crippen LogP contribution in [0, 0.1) is 0 Å². The van der Waals surface area contributed by atoms with Crippen molar-refractivity contribution in [3.8, 4) is 22.8 Å². The molecule has 0 N–H and O–H groups in total. The Morgan fingerprint density at radius 2 is 0.649 bits per heavy atom. The molecule has 0 bridgehead atoms. The Hall–Kier alpha value is -0.458. The van der Waals surface area contributed by atoms with Gasteiger partial charge in [-0.15, -0.1) is 35.4 Å². The molecule has 37 heavy (non-hydrogen) atoms. The Balaban J connectivity index is 0.000000235. The van der Waals surface area contributed by atoms with Crippen LogP contribution in [0.4, 0.5) is 0 Å². The SMILES string of the molecule is C[Si](C)(C)n1[c-](-c2ccccc2)n1[Si](C)(C)C.C[Si](C)(C)n1[c-](-c2ccccc2)n1[Si](C)(C)C.[Cl][Ti][Cl]. The molecule has 4 aromatic rings. The average Bonchev–Trinajstić information content (AvgIpc) is 3.65. The van der Waals surface area contributed by atoms with E-state index in [2.05, 4.69) is 157 Å². The standard InChI is InChI=1S/2C13H23N2Si2.2ClH.Ti/c2*1-16(2,3)14-13(15(14)17(4,5)6)12-10-8-7-9-11-12;;;/h2*7-11H,1-6H3;2*1H;/q2*-1;;;+2/p-2. The van der Waals surface area contributed by atoms with E-state index in [9.17, 15) is 0 Å². The van der Waals surface area contributed by atoms with E-state index in [0.717, 1.165) is 0 Å². The third-order valence-corrected chi connectivity index (χ3v) is 12.9. The zero-order valence-corrected chi connectivity index (χ0v) is 31.9. The second-order valence-corrected chi connectivity index (χ2v) is 35.0. The summed E-state index contributed by atoms with van der Waals surface area (Å²) in [5.41, 5.74) is 2.75. The van der Waals surface area contributed by atoms with Crippen LogP contribution in [-0.4, -0.2) is 50.3 Å². The van der Waals surface area contributed by atoms with E-state index in [1.807, 2.05) is 0 Å². The van der Waals surface area contributed by atoms with Gasteiger partial charge in [-0.2, -0.15) is 24.3 Å². The number of halogens is 2. The van der Waals surface area contributed by atoms with E-state index < -0.39 is 50.0 Å². The van der Waals surface area contributed by atoms with Gasteiger partial charge in [-0.05, 0) is 0 Å². The minimum atomic E-state index is -1.29. The molecule has 0 spiro atoms. The quantitative estimate of drug-likeness (QED) is 0.147. The summed E-state index contributed by atoms with van der Waals surface area (Å²) in [6.45, 7) is 29.0. The van der Waals surface area contributed by atoms with E-state index >= 15 is 0 Å². The minimum absolute atomic E-state index is 0.556. The van der Waals surface area contributed by atoms with Crippen LogP contribution in [0.15, 0.2) is 60.7 Å². The van der Waals surface area contributed by atoms with Gasteiger partial charge in [0.2, 0.25) is 0 Å². The first kappa shape index (κ1) is 32.8. The van der Waals surface area contributed by atoms with Crippen LogP contribution in [-0.2, 0) is 17.0 Å². The molecule has 2 heterocycles. The van der Waals surface area contributed by atoms with Crippen LogP contribution in [0.5, 0.6) is 0 Å². The van der Waals surface area contributed by atoms with E-state index in [4.69, 9.17) is 18.6 Å². The summed E-state index contributed by atoms with van der Waals surface area (Å²) in [6, 6.07) is 21.6. The molecule has 206 valence electrons. The van der Waals surface area contributed by atoms with E-state index in [1.165, 1.54) is 22.8 Å².